The Morgan fingerprint density at radius 1 is 1.22 bits per heavy atom. The SMILES string of the molecule is CC.Nc1ncncn1. The van der Waals surface area contributed by atoms with Gasteiger partial charge in [-0.2, -0.15) is 0 Å². The van der Waals surface area contributed by atoms with Crippen LogP contribution in [0.5, 0.6) is 0 Å². The van der Waals surface area contributed by atoms with Gasteiger partial charge in [0.2, 0.25) is 5.95 Å². The van der Waals surface area contributed by atoms with Crippen LogP contribution in [0.2, 0.25) is 0 Å². The zero-order chi connectivity index (χ0) is 7.11. The highest BCUT2D eigenvalue weighted by Gasteiger charge is 1.76. The van der Waals surface area contributed by atoms with Crippen molar-refractivity contribution in [3.8, 4) is 0 Å². The Labute approximate surface area is 54.2 Å². The molecule has 1 aromatic heterocycles. The van der Waals surface area contributed by atoms with E-state index in [4.69, 9.17) is 5.73 Å². The Kier molecular flexibility index (Phi) is 4.30. The summed E-state index contributed by atoms with van der Waals surface area (Å²) < 4.78 is 0. The lowest BCUT2D eigenvalue weighted by Crippen LogP contribution is -1.92. The number of hydrogen-bond donors (Lipinski definition) is 1. The van der Waals surface area contributed by atoms with Crippen molar-refractivity contribution in [1.82, 2.24) is 15.0 Å². The summed E-state index contributed by atoms with van der Waals surface area (Å²) in [6.07, 6.45) is 2.70. The number of anilines is 1. The molecule has 1 aromatic rings. The Balaban J connectivity index is 0.000000291. The highest BCUT2D eigenvalue weighted by atomic mass is 15.0. The third-order valence-electron chi connectivity index (χ3n) is 0.513. The predicted octanol–water partition coefficient (Wildman–Crippen LogP) is 0.480. The standard InChI is InChI=1S/C3H4N4.C2H6/c4-3-6-1-5-2-7-3;1-2/h1-2H,(H2,4,5,6,7);1-2H3. The topological polar surface area (TPSA) is 64.7 Å². The maximum Gasteiger partial charge on any atom is 0.222 e. The molecule has 0 unspecified atom stereocenters. The van der Waals surface area contributed by atoms with E-state index in [1.807, 2.05) is 13.8 Å². The molecule has 0 aliphatic rings. The van der Waals surface area contributed by atoms with E-state index in [0.717, 1.165) is 0 Å². The van der Waals surface area contributed by atoms with Crippen LogP contribution >= 0.6 is 0 Å². The lowest BCUT2D eigenvalue weighted by atomic mass is 11.0. The Morgan fingerprint density at radius 2 is 1.67 bits per heavy atom. The second kappa shape index (κ2) is 4.96. The van der Waals surface area contributed by atoms with Crippen molar-refractivity contribution in [2.75, 3.05) is 5.73 Å². The van der Waals surface area contributed by atoms with E-state index < -0.39 is 0 Å². The fourth-order valence-corrected chi connectivity index (χ4v) is 0.248. The number of nitrogens with two attached hydrogens (primary N) is 1. The van der Waals surface area contributed by atoms with Gasteiger partial charge in [-0.1, -0.05) is 13.8 Å². The van der Waals surface area contributed by atoms with E-state index in [9.17, 15) is 0 Å². The quantitative estimate of drug-likeness (QED) is 0.549. The van der Waals surface area contributed by atoms with Crippen molar-refractivity contribution in [3.63, 3.8) is 0 Å². The van der Waals surface area contributed by atoms with E-state index in [1.54, 1.807) is 0 Å². The molecule has 0 amide bonds. The summed E-state index contributed by atoms with van der Waals surface area (Å²) in [7, 11) is 0. The van der Waals surface area contributed by atoms with Gasteiger partial charge < -0.3 is 5.73 Å². The van der Waals surface area contributed by atoms with Gasteiger partial charge in [-0.25, -0.2) is 15.0 Å². The molecule has 2 N–H and O–H groups in total. The minimum absolute atomic E-state index is 0.259. The van der Waals surface area contributed by atoms with Crippen molar-refractivity contribution >= 4 is 5.95 Å². The first kappa shape index (κ1) is 7.81. The van der Waals surface area contributed by atoms with Crippen LogP contribution in [-0.2, 0) is 0 Å². The molecule has 4 heteroatoms. The molecule has 0 atom stereocenters. The highest BCUT2D eigenvalue weighted by Crippen LogP contribution is 1.77. The lowest BCUT2D eigenvalue weighted by molar-refractivity contribution is 1.06. The van der Waals surface area contributed by atoms with Gasteiger partial charge in [0.25, 0.3) is 0 Å². The molecule has 1 rings (SSSR count). The van der Waals surface area contributed by atoms with Gasteiger partial charge in [-0.05, 0) is 0 Å². The average Bonchev–Trinajstić information content (AvgIpc) is 1.94. The average molecular weight is 126 g/mol. The van der Waals surface area contributed by atoms with Crippen LogP contribution in [0.1, 0.15) is 13.8 Å². The van der Waals surface area contributed by atoms with Gasteiger partial charge in [-0.3, -0.25) is 0 Å². The molecule has 0 fully saturated rings. The Hall–Kier alpha value is -1.19. The van der Waals surface area contributed by atoms with Crippen LogP contribution in [0.15, 0.2) is 12.7 Å². The second-order valence-corrected chi connectivity index (χ2v) is 0.996. The van der Waals surface area contributed by atoms with Crippen molar-refractivity contribution in [2.45, 2.75) is 13.8 Å². The molecule has 0 saturated heterocycles. The van der Waals surface area contributed by atoms with Crippen molar-refractivity contribution in [3.05, 3.63) is 12.7 Å². The third-order valence-corrected chi connectivity index (χ3v) is 0.513. The fraction of sp³-hybridized carbons (Fsp3) is 0.400. The minimum Gasteiger partial charge on any atom is -0.368 e. The van der Waals surface area contributed by atoms with Crippen LogP contribution in [0.25, 0.3) is 0 Å². The van der Waals surface area contributed by atoms with E-state index in [2.05, 4.69) is 15.0 Å². The summed E-state index contributed by atoms with van der Waals surface area (Å²) in [6.45, 7) is 4.00. The van der Waals surface area contributed by atoms with E-state index >= 15 is 0 Å². The predicted molar refractivity (Wildman–Crippen MR) is 35.6 cm³/mol. The zero-order valence-electron chi connectivity index (χ0n) is 5.57. The molecule has 0 spiro atoms. The Bertz CT molecular complexity index is 139. The van der Waals surface area contributed by atoms with E-state index in [0.29, 0.717) is 0 Å². The molecule has 50 valence electrons. The van der Waals surface area contributed by atoms with Gasteiger partial charge in [0.1, 0.15) is 12.7 Å². The summed E-state index contributed by atoms with van der Waals surface area (Å²) >= 11 is 0. The molecule has 0 radical (unpaired) electrons. The normalized spacial score (nSPS) is 7.33. The maximum absolute atomic E-state index is 5.10. The molecule has 0 aliphatic carbocycles. The number of nitrogen functional groups attached to an aromatic ring is 1. The molecule has 9 heavy (non-hydrogen) atoms. The van der Waals surface area contributed by atoms with Crippen LogP contribution in [-0.4, -0.2) is 15.0 Å². The molecule has 4 nitrogen and oxygen atoms in total. The first-order valence-electron chi connectivity index (χ1n) is 2.77. The van der Waals surface area contributed by atoms with Crippen LogP contribution in [0, 0.1) is 0 Å². The molecule has 0 bridgehead atoms. The first-order valence-corrected chi connectivity index (χ1v) is 2.77. The monoisotopic (exact) mass is 126 g/mol. The van der Waals surface area contributed by atoms with Gasteiger partial charge in [0, 0.05) is 0 Å². The van der Waals surface area contributed by atoms with Gasteiger partial charge in [0.15, 0.2) is 0 Å². The minimum atomic E-state index is 0.259. The van der Waals surface area contributed by atoms with Crippen LogP contribution in [0.4, 0.5) is 5.95 Å². The van der Waals surface area contributed by atoms with Crippen molar-refractivity contribution in [1.29, 1.82) is 0 Å². The van der Waals surface area contributed by atoms with E-state index in [-0.39, 0.29) is 5.95 Å². The Morgan fingerprint density at radius 3 is 1.89 bits per heavy atom. The summed E-state index contributed by atoms with van der Waals surface area (Å²) in [6, 6.07) is 0. The van der Waals surface area contributed by atoms with Crippen LogP contribution < -0.4 is 5.73 Å². The summed E-state index contributed by atoms with van der Waals surface area (Å²) in [4.78, 5) is 10.6. The van der Waals surface area contributed by atoms with Gasteiger partial charge >= 0.3 is 0 Å². The van der Waals surface area contributed by atoms with Gasteiger partial charge in [0.05, 0.1) is 0 Å². The number of aromatic nitrogens is 3. The number of hydrogen-bond acceptors (Lipinski definition) is 4. The summed E-state index contributed by atoms with van der Waals surface area (Å²) in [5, 5.41) is 0. The summed E-state index contributed by atoms with van der Waals surface area (Å²) in [5.74, 6) is 0.259. The zero-order valence-corrected chi connectivity index (χ0v) is 5.57. The summed E-state index contributed by atoms with van der Waals surface area (Å²) in [5.41, 5.74) is 5.10. The number of rotatable bonds is 0. The maximum atomic E-state index is 5.10. The van der Waals surface area contributed by atoms with Crippen LogP contribution in [0.3, 0.4) is 0 Å². The molecule has 0 aromatic carbocycles. The highest BCUT2D eigenvalue weighted by molar-refractivity contribution is 5.08. The molecule has 0 saturated carbocycles. The first-order chi connectivity index (χ1) is 4.39. The van der Waals surface area contributed by atoms with Crippen molar-refractivity contribution in [2.24, 2.45) is 0 Å². The van der Waals surface area contributed by atoms with E-state index in [1.165, 1.54) is 12.7 Å². The third kappa shape index (κ3) is 3.40. The molecular formula is C5H10N4. The lowest BCUT2D eigenvalue weighted by Gasteiger charge is -1.81. The largest absolute Gasteiger partial charge is 0.368 e. The second-order valence-electron chi connectivity index (χ2n) is 0.996. The fourth-order valence-electron chi connectivity index (χ4n) is 0.248. The number of nitrogens with zero attached hydrogens (tertiary/aromatic N) is 3. The smallest absolute Gasteiger partial charge is 0.222 e. The molecule has 0 aliphatic heterocycles. The van der Waals surface area contributed by atoms with Gasteiger partial charge in [-0.15, -0.1) is 0 Å². The van der Waals surface area contributed by atoms with Crippen molar-refractivity contribution < 1.29 is 0 Å². The molecule has 1 heterocycles. The molecular weight excluding hydrogens is 116 g/mol.